The van der Waals surface area contributed by atoms with E-state index in [1.807, 2.05) is 0 Å². The lowest BCUT2D eigenvalue weighted by Gasteiger charge is -2.27. The molecule has 1 fully saturated rings. The van der Waals surface area contributed by atoms with Crippen molar-refractivity contribution in [1.82, 2.24) is 10.3 Å². The largest absolute Gasteiger partial charge is 0.423 e. The van der Waals surface area contributed by atoms with Gasteiger partial charge in [-0.2, -0.15) is 5.10 Å². The van der Waals surface area contributed by atoms with Crippen LogP contribution < -0.4 is 15.5 Å². The molecule has 3 aromatic rings. The lowest BCUT2D eigenvalue weighted by atomic mass is 10.1. The normalized spacial score (nSPS) is 13.1. The van der Waals surface area contributed by atoms with Crippen molar-refractivity contribution >= 4 is 51.5 Å². The van der Waals surface area contributed by atoms with Crippen molar-refractivity contribution in [3.63, 3.8) is 0 Å². The number of nitrogens with zero attached hydrogens (tertiary/aromatic N) is 2. The number of rotatable bonds is 6. The van der Waals surface area contributed by atoms with Gasteiger partial charge in [0.25, 0.3) is 5.91 Å². The number of carbonyl (C=O) groups excluding carboxylic acids is 4. The molecule has 0 aliphatic carbocycles. The van der Waals surface area contributed by atoms with Crippen LogP contribution in [-0.4, -0.2) is 61.1 Å². The first-order valence-corrected chi connectivity index (χ1v) is 12.4. The van der Waals surface area contributed by atoms with Crippen molar-refractivity contribution in [2.24, 2.45) is 5.10 Å². The SMILES string of the molecule is O=C(N/N=C/c1ccc(OC(=O)c2ccc(Br)cc2)cc1)C(=O)Nc1ccccc1C(=O)N1CCOCC1. The summed E-state index contributed by atoms with van der Waals surface area (Å²) in [4.78, 5) is 51.3. The van der Waals surface area contributed by atoms with Gasteiger partial charge in [0.05, 0.1) is 36.2 Å². The highest BCUT2D eigenvalue weighted by Crippen LogP contribution is 2.18. The highest BCUT2D eigenvalue weighted by molar-refractivity contribution is 9.10. The number of halogens is 1. The van der Waals surface area contributed by atoms with Crippen LogP contribution in [0.15, 0.2) is 82.4 Å². The Morgan fingerprint density at radius 3 is 2.29 bits per heavy atom. The average Bonchev–Trinajstić information content (AvgIpc) is 2.94. The second kappa shape index (κ2) is 12.7. The van der Waals surface area contributed by atoms with Crippen molar-refractivity contribution in [2.75, 3.05) is 31.6 Å². The molecule has 0 saturated carbocycles. The molecular weight excluding hydrogens is 556 g/mol. The number of amides is 3. The highest BCUT2D eigenvalue weighted by atomic mass is 79.9. The lowest BCUT2D eigenvalue weighted by molar-refractivity contribution is -0.136. The number of carbonyl (C=O) groups is 4. The zero-order valence-corrected chi connectivity index (χ0v) is 21.6. The predicted molar refractivity (Wildman–Crippen MR) is 143 cm³/mol. The molecule has 3 aromatic carbocycles. The van der Waals surface area contributed by atoms with Gasteiger partial charge in [0.2, 0.25) is 0 Å². The Kier molecular flexibility index (Phi) is 8.96. The Hall–Kier alpha value is -4.35. The molecule has 38 heavy (non-hydrogen) atoms. The van der Waals surface area contributed by atoms with Crippen LogP contribution in [0.1, 0.15) is 26.3 Å². The number of hydrazone groups is 1. The van der Waals surface area contributed by atoms with E-state index in [1.165, 1.54) is 6.21 Å². The molecule has 2 N–H and O–H groups in total. The number of esters is 1. The van der Waals surface area contributed by atoms with Gasteiger partial charge in [-0.25, -0.2) is 10.2 Å². The number of morpholine rings is 1. The smallest absolute Gasteiger partial charge is 0.343 e. The summed E-state index contributed by atoms with van der Waals surface area (Å²) >= 11 is 3.31. The molecule has 0 atom stereocenters. The quantitative estimate of drug-likeness (QED) is 0.152. The van der Waals surface area contributed by atoms with Crippen molar-refractivity contribution in [2.45, 2.75) is 0 Å². The fraction of sp³-hybridized carbons (Fsp3) is 0.148. The minimum Gasteiger partial charge on any atom is -0.423 e. The van der Waals surface area contributed by atoms with Crippen LogP contribution in [0.3, 0.4) is 0 Å². The van der Waals surface area contributed by atoms with E-state index in [0.717, 1.165) is 4.47 Å². The van der Waals surface area contributed by atoms with Crippen LogP contribution in [0.5, 0.6) is 5.75 Å². The van der Waals surface area contributed by atoms with Crippen LogP contribution in [0.25, 0.3) is 0 Å². The van der Waals surface area contributed by atoms with Gasteiger partial charge in [-0.15, -0.1) is 0 Å². The maximum absolute atomic E-state index is 12.8. The summed E-state index contributed by atoms with van der Waals surface area (Å²) in [5.41, 5.74) is 3.66. The van der Waals surface area contributed by atoms with Crippen LogP contribution in [0.2, 0.25) is 0 Å². The number of anilines is 1. The Balaban J connectivity index is 1.30. The van der Waals surface area contributed by atoms with Gasteiger partial charge in [-0.1, -0.05) is 28.1 Å². The third-order valence-electron chi connectivity index (χ3n) is 5.46. The Morgan fingerprint density at radius 2 is 1.58 bits per heavy atom. The molecular formula is C27H23BrN4O6. The minimum atomic E-state index is -1.00. The molecule has 0 bridgehead atoms. The molecule has 1 heterocycles. The van der Waals surface area contributed by atoms with E-state index in [2.05, 4.69) is 31.8 Å². The number of hydrogen-bond acceptors (Lipinski definition) is 7. The van der Waals surface area contributed by atoms with E-state index in [4.69, 9.17) is 9.47 Å². The molecule has 0 radical (unpaired) electrons. The predicted octanol–water partition coefficient (Wildman–Crippen LogP) is 3.23. The lowest BCUT2D eigenvalue weighted by Crippen LogP contribution is -2.41. The molecule has 3 amide bonds. The van der Waals surface area contributed by atoms with E-state index in [-0.39, 0.29) is 17.2 Å². The highest BCUT2D eigenvalue weighted by Gasteiger charge is 2.23. The molecule has 1 aliphatic heterocycles. The first kappa shape index (κ1) is 26.7. The van der Waals surface area contributed by atoms with Crippen molar-refractivity contribution < 1.29 is 28.7 Å². The van der Waals surface area contributed by atoms with E-state index < -0.39 is 17.8 Å². The second-order valence-electron chi connectivity index (χ2n) is 8.07. The van der Waals surface area contributed by atoms with Crippen molar-refractivity contribution in [3.05, 3.63) is 94.0 Å². The molecule has 0 aromatic heterocycles. The number of benzene rings is 3. The fourth-order valence-corrected chi connectivity index (χ4v) is 3.75. The van der Waals surface area contributed by atoms with E-state index in [9.17, 15) is 19.2 Å². The van der Waals surface area contributed by atoms with Crippen molar-refractivity contribution in [3.8, 4) is 5.75 Å². The van der Waals surface area contributed by atoms with Gasteiger partial charge in [-0.05, 0) is 66.2 Å². The Labute approximate surface area is 226 Å². The summed E-state index contributed by atoms with van der Waals surface area (Å²) in [6.07, 6.45) is 1.33. The summed E-state index contributed by atoms with van der Waals surface area (Å²) in [6.45, 7) is 1.79. The van der Waals surface area contributed by atoms with Gasteiger partial charge >= 0.3 is 17.8 Å². The Bertz CT molecular complexity index is 1350. The van der Waals surface area contributed by atoms with E-state index in [0.29, 0.717) is 43.2 Å². The maximum Gasteiger partial charge on any atom is 0.343 e. The van der Waals surface area contributed by atoms with E-state index >= 15 is 0 Å². The van der Waals surface area contributed by atoms with Gasteiger partial charge < -0.3 is 19.7 Å². The average molecular weight is 579 g/mol. The van der Waals surface area contributed by atoms with Crippen LogP contribution in [0.4, 0.5) is 5.69 Å². The molecule has 1 aliphatic rings. The molecule has 4 rings (SSSR count). The molecule has 10 nitrogen and oxygen atoms in total. The molecule has 0 spiro atoms. The minimum absolute atomic E-state index is 0.224. The molecule has 1 saturated heterocycles. The summed E-state index contributed by atoms with van der Waals surface area (Å²) in [7, 11) is 0. The van der Waals surface area contributed by atoms with E-state index in [1.54, 1.807) is 77.7 Å². The second-order valence-corrected chi connectivity index (χ2v) is 8.98. The fourth-order valence-electron chi connectivity index (χ4n) is 3.48. The molecule has 11 heteroatoms. The topological polar surface area (TPSA) is 126 Å². The zero-order valence-electron chi connectivity index (χ0n) is 20.1. The molecule has 0 unspecified atom stereocenters. The number of ether oxygens (including phenoxy) is 2. The molecule has 194 valence electrons. The monoisotopic (exact) mass is 578 g/mol. The van der Waals surface area contributed by atoms with Crippen LogP contribution in [-0.2, 0) is 14.3 Å². The summed E-state index contributed by atoms with van der Waals surface area (Å²) in [5, 5.41) is 6.26. The first-order chi connectivity index (χ1) is 18.4. The first-order valence-electron chi connectivity index (χ1n) is 11.6. The zero-order chi connectivity index (χ0) is 26.9. The van der Waals surface area contributed by atoms with Crippen LogP contribution in [0, 0.1) is 0 Å². The summed E-state index contributed by atoms with van der Waals surface area (Å²) in [6, 6.07) is 19.7. The van der Waals surface area contributed by atoms with Crippen molar-refractivity contribution in [1.29, 1.82) is 0 Å². The summed E-state index contributed by atoms with van der Waals surface area (Å²) in [5.74, 6) is -2.39. The van der Waals surface area contributed by atoms with Gasteiger partial charge in [0, 0.05) is 17.6 Å². The number of para-hydroxylation sites is 1. The van der Waals surface area contributed by atoms with Gasteiger partial charge in [0.1, 0.15) is 5.75 Å². The van der Waals surface area contributed by atoms with Crippen LogP contribution >= 0.6 is 15.9 Å². The standard InChI is InChI=1S/C27H23BrN4O6/c28-20-9-7-19(8-10-20)27(36)38-21-11-5-18(6-12-21)17-29-31-25(34)24(33)30-23-4-2-1-3-22(23)26(35)32-13-15-37-16-14-32/h1-12,17H,13-16H2,(H,30,33)(H,31,34)/b29-17+. The maximum atomic E-state index is 12.8. The summed E-state index contributed by atoms with van der Waals surface area (Å²) < 4.78 is 11.5. The van der Waals surface area contributed by atoms with Gasteiger partial charge in [0.15, 0.2) is 0 Å². The van der Waals surface area contributed by atoms with Gasteiger partial charge in [-0.3, -0.25) is 14.4 Å². The number of nitrogens with one attached hydrogen (secondary N) is 2. The number of hydrogen-bond donors (Lipinski definition) is 2. The Morgan fingerprint density at radius 1 is 0.895 bits per heavy atom. The third-order valence-corrected chi connectivity index (χ3v) is 5.99. The third kappa shape index (κ3) is 7.11.